The summed E-state index contributed by atoms with van der Waals surface area (Å²) >= 11 is 0. The second kappa shape index (κ2) is 7.19. The third-order valence-corrected chi connectivity index (χ3v) is 3.35. The zero-order chi connectivity index (χ0) is 14.4. The van der Waals surface area contributed by atoms with Crippen LogP contribution in [0.2, 0.25) is 0 Å². The van der Waals surface area contributed by atoms with Crippen molar-refractivity contribution in [3.05, 3.63) is 29.8 Å². The molecule has 6 heteroatoms. The Morgan fingerprint density at radius 1 is 1.30 bits per heavy atom. The van der Waals surface area contributed by atoms with E-state index in [2.05, 4.69) is 15.4 Å². The van der Waals surface area contributed by atoms with E-state index in [0.29, 0.717) is 18.0 Å². The highest BCUT2D eigenvalue weighted by molar-refractivity contribution is 5.94. The van der Waals surface area contributed by atoms with Gasteiger partial charge >= 0.3 is 6.61 Å². The lowest BCUT2D eigenvalue weighted by molar-refractivity contribution is -0.0498. The number of rotatable bonds is 5. The maximum Gasteiger partial charge on any atom is 0.387 e. The summed E-state index contributed by atoms with van der Waals surface area (Å²) in [6, 6.07) is 5.70. The number of alkyl halides is 2. The van der Waals surface area contributed by atoms with Gasteiger partial charge in [-0.25, -0.2) is 0 Å². The molecule has 110 valence electrons. The minimum atomic E-state index is -2.85. The summed E-state index contributed by atoms with van der Waals surface area (Å²) in [6.07, 6.45) is 2.11. The van der Waals surface area contributed by atoms with E-state index in [1.807, 2.05) is 0 Å². The molecule has 1 aliphatic rings. The van der Waals surface area contributed by atoms with Crippen molar-refractivity contribution in [1.29, 1.82) is 0 Å². The molecule has 1 aromatic rings. The molecule has 1 saturated heterocycles. The average Bonchev–Trinajstić information content (AvgIpc) is 2.46. The molecule has 0 bridgehead atoms. The van der Waals surface area contributed by atoms with Crippen LogP contribution in [0.3, 0.4) is 0 Å². The summed E-state index contributed by atoms with van der Waals surface area (Å²) in [6.45, 7) is -0.231. The molecule has 0 spiro atoms. The van der Waals surface area contributed by atoms with Crippen LogP contribution in [-0.4, -0.2) is 32.2 Å². The van der Waals surface area contributed by atoms with Crippen molar-refractivity contribution in [2.75, 3.05) is 19.6 Å². The summed E-state index contributed by atoms with van der Waals surface area (Å²) in [7, 11) is 0. The van der Waals surface area contributed by atoms with Crippen molar-refractivity contribution in [3.63, 3.8) is 0 Å². The van der Waals surface area contributed by atoms with Crippen LogP contribution < -0.4 is 15.4 Å². The van der Waals surface area contributed by atoms with Crippen molar-refractivity contribution in [1.82, 2.24) is 10.6 Å². The van der Waals surface area contributed by atoms with Gasteiger partial charge in [0.25, 0.3) is 5.91 Å². The Kier molecular flexibility index (Phi) is 5.29. The minimum Gasteiger partial charge on any atom is -0.435 e. The second-order valence-corrected chi connectivity index (χ2v) is 4.81. The van der Waals surface area contributed by atoms with Gasteiger partial charge in [0.05, 0.1) is 0 Å². The van der Waals surface area contributed by atoms with Crippen LogP contribution in [0.4, 0.5) is 8.78 Å². The van der Waals surface area contributed by atoms with Crippen LogP contribution in [0.25, 0.3) is 0 Å². The third kappa shape index (κ3) is 4.45. The zero-order valence-corrected chi connectivity index (χ0v) is 11.1. The molecule has 0 aromatic heterocycles. The van der Waals surface area contributed by atoms with E-state index >= 15 is 0 Å². The van der Waals surface area contributed by atoms with Crippen LogP contribution >= 0.6 is 0 Å². The Hall–Kier alpha value is -1.69. The van der Waals surface area contributed by atoms with Gasteiger partial charge in [0.2, 0.25) is 0 Å². The first-order valence-electron chi connectivity index (χ1n) is 6.69. The predicted octanol–water partition coefficient (Wildman–Crippen LogP) is 2.02. The first-order valence-corrected chi connectivity index (χ1v) is 6.69. The topological polar surface area (TPSA) is 50.4 Å². The van der Waals surface area contributed by atoms with E-state index in [0.717, 1.165) is 25.9 Å². The fourth-order valence-electron chi connectivity index (χ4n) is 2.21. The maximum absolute atomic E-state index is 12.0. The molecule has 1 heterocycles. The fraction of sp³-hybridized carbons (Fsp3) is 0.500. The molecule has 0 unspecified atom stereocenters. The van der Waals surface area contributed by atoms with Gasteiger partial charge in [-0.15, -0.1) is 0 Å². The van der Waals surface area contributed by atoms with Crippen molar-refractivity contribution in [2.24, 2.45) is 5.92 Å². The Morgan fingerprint density at radius 2 is 1.95 bits per heavy atom. The molecule has 1 aromatic carbocycles. The molecular formula is C14H18F2N2O2. The molecule has 2 rings (SSSR count). The summed E-state index contributed by atoms with van der Waals surface area (Å²) in [5.74, 6) is 0.365. The number of carbonyl (C=O) groups is 1. The predicted molar refractivity (Wildman–Crippen MR) is 71.0 cm³/mol. The van der Waals surface area contributed by atoms with E-state index in [4.69, 9.17) is 0 Å². The highest BCUT2D eigenvalue weighted by Crippen LogP contribution is 2.15. The largest absolute Gasteiger partial charge is 0.435 e. The Bertz CT molecular complexity index is 431. The smallest absolute Gasteiger partial charge is 0.387 e. The van der Waals surface area contributed by atoms with Gasteiger partial charge < -0.3 is 15.4 Å². The summed E-state index contributed by atoms with van der Waals surface area (Å²) in [5.41, 5.74) is 0.445. The van der Waals surface area contributed by atoms with Gasteiger partial charge in [-0.05, 0) is 56.1 Å². The number of amides is 1. The third-order valence-electron chi connectivity index (χ3n) is 3.35. The Balaban J connectivity index is 1.82. The van der Waals surface area contributed by atoms with Crippen LogP contribution in [0, 0.1) is 5.92 Å². The SMILES string of the molecule is O=C(NCC1CCNCC1)c1ccc(OC(F)F)cc1. The molecule has 0 atom stereocenters. The number of ether oxygens (including phenoxy) is 1. The van der Waals surface area contributed by atoms with Crippen molar-refractivity contribution in [2.45, 2.75) is 19.5 Å². The maximum atomic E-state index is 12.0. The van der Waals surface area contributed by atoms with Crippen LogP contribution in [0.1, 0.15) is 23.2 Å². The van der Waals surface area contributed by atoms with Crippen molar-refractivity contribution in [3.8, 4) is 5.75 Å². The number of carbonyl (C=O) groups excluding carboxylic acids is 1. The van der Waals surface area contributed by atoms with Gasteiger partial charge in [-0.1, -0.05) is 0 Å². The summed E-state index contributed by atoms with van der Waals surface area (Å²) < 4.78 is 28.2. The van der Waals surface area contributed by atoms with E-state index in [9.17, 15) is 13.6 Å². The van der Waals surface area contributed by atoms with Crippen molar-refractivity contribution < 1.29 is 18.3 Å². The number of benzene rings is 1. The minimum absolute atomic E-state index is 0.0508. The summed E-state index contributed by atoms with van der Waals surface area (Å²) in [5, 5.41) is 6.14. The lowest BCUT2D eigenvalue weighted by Gasteiger charge is -2.22. The van der Waals surface area contributed by atoms with Crippen LogP contribution in [0.15, 0.2) is 24.3 Å². The number of hydrogen-bond donors (Lipinski definition) is 2. The van der Waals surface area contributed by atoms with Gasteiger partial charge in [-0.3, -0.25) is 4.79 Å². The quantitative estimate of drug-likeness (QED) is 0.869. The monoisotopic (exact) mass is 284 g/mol. The lowest BCUT2D eigenvalue weighted by Crippen LogP contribution is -2.35. The van der Waals surface area contributed by atoms with Gasteiger partial charge in [0.15, 0.2) is 0 Å². The molecule has 0 saturated carbocycles. The standard InChI is InChI=1S/C14H18F2N2O2/c15-14(16)20-12-3-1-11(2-4-12)13(19)18-9-10-5-7-17-8-6-10/h1-4,10,14,17H,5-9H2,(H,18,19). The Labute approximate surface area is 116 Å². The first kappa shape index (κ1) is 14.7. The second-order valence-electron chi connectivity index (χ2n) is 4.81. The number of piperidine rings is 1. The first-order chi connectivity index (χ1) is 9.65. The van der Waals surface area contributed by atoms with Crippen LogP contribution in [-0.2, 0) is 0 Å². The molecule has 0 aliphatic carbocycles. The molecule has 1 amide bonds. The normalized spacial score (nSPS) is 16.1. The van der Waals surface area contributed by atoms with Crippen LogP contribution in [0.5, 0.6) is 5.75 Å². The van der Waals surface area contributed by atoms with E-state index in [-0.39, 0.29) is 11.7 Å². The molecule has 4 nitrogen and oxygen atoms in total. The molecule has 0 radical (unpaired) electrons. The van der Waals surface area contributed by atoms with Gasteiger partial charge in [-0.2, -0.15) is 8.78 Å². The van der Waals surface area contributed by atoms with E-state index in [1.165, 1.54) is 24.3 Å². The summed E-state index contributed by atoms with van der Waals surface area (Å²) in [4.78, 5) is 11.9. The number of nitrogens with one attached hydrogen (secondary N) is 2. The Morgan fingerprint density at radius 3 is 2.55 bits per heavy atom. The van der Waals surface area contributed by atoms with Gasteiger partial charge in [0.1, 0.15) is 5.75 Å². The fourth-order valence-corrected chi connectivity index (χ4v) is 2.21. The lowest BCUT2D eigenvalue weighted by atomic mass is 9.98. The molecule has 2 N–H and O–H groups in total. The van der Waals surface area contributed by atoms with E-state index < -0.39 is 6.61 Å². The molecule has 1 fully saturated rings. The van der Waals surface area contributed by atoms with E-state index in [1.54, 1.807) is 0 Å². The average molecular weight is 284 g/mol. The zero-order valence-electron chi connectivity index (χ0n) is 11.1. The molecule has 20 heavy (non-hydrogen) atoms. The highest BCUT2D eigenvalue weighted by Gasteiger charge is 2.14. The number of hydrogen-bond acceptors (Lipinski definition) is 3. The van der Waals surface area contributed by atoms with Crippen molar-refractivity contribution >= 4 is 5.91 Å². The molecule has 1 aliphatic heterocycles. The molecular weight excluding hydrogens is 266 g/mol. The number of halogens is 2. The van der Waals surface area contributed by atoms with Gasteiger partial charge in [0, 0.05) is 12.1 Å². The highest BCUT2D eigenvalue weighted by atomic mass is 19.3.